The molecule has 0 atom stereocenters. The second-order valence-corrected chi connectivity index (χ2v) is 5.64. The van der Waals surface area contributed by atoms with Crippen molar-refractivity contribution in [3.8, 4) is 0 Å². The van der Waals surface area contributed by atoms with Crippen molar-refractivity contribution >= 4 is 39.9 Å². The average Bonchev–Trinajstić information content (AvgIpc) is 2.46. The quantitative estimate of drug-likeness (QED) is 0.607. The normalized spacial score (nSPS) is 10.4. The molecule has 0 aliphatic rings. The Labute approximate surface area is 135 Å². The number of hydrogen-bond acceptors (Lipinski definition) is 4. The van der Waals surface area contributed by atoms with Gasteiger partial charge in [0.25, 0.3) is 5.56 Å². The first kappa shape index (κ1) is 15.5. The fourth-order valence-corrected chi connectivity index (χ4v) is 2.17. The third kappa shape index (κ3) is 4.03. The molecule has 0 fully saturated rings. The third-order valence-corrected chi connectivity index (χ3v) is 4.17. The van der Waals surface area contributed by atoms with Gasteiger partial charge in [0.1, 0.15) is 0 Å². The van der Waals surface area contributed by atoms with Gasteiger partial charge in [-0.3, -0.25) is 14.2 Å². The number of nitrogens with one attached hydrogen (secondary N) is 1. The maximum atomic E-state index is 12.0. The maximum absolute atomic E-state index is 12.0. The number of halogens is 1. The number of anilines is 2. The van der Waals surface area contributed by atoms with Crippen molar-refractivity contribution in [2.75, 3.05) is 11.1 Å². The first-order valence-corrected chi connectivity index (χ1v) is 7.42. The van der Waals surface area contributed by atoms with Crippen molar-refractivity contribution in [1.29, 1.82) is 0 Å². The molecule has 0 saturated carbocycles. The number of benzene rings is 1. The van der Waals surface area contributed by atoms with E-state index in [2.05, 4.69) is 10.3 Å². The Morgan fingerprint density at radius 1 is 1.38 bits per heavy atom. The van der Waals surface area contributed by atoms with Crippen molar-refractivity contribution in [3.05, 3.63) is 50.2 Å². The lowest BCUT2D eigenvalue weighted by atomic mass is 10.2. The van der Waals surface area contributed by atoms with Gasteiger partial charge in [0.2, 0.25) is 5.91 Å². The average molecular weight is 398 g/mol. The standard InChI is InChI=1S/C14H15IN4O2/c1-9-13(15)14(21)19(8-17-9)7-6-12(20)18-11-4-2-10(16)3-5-11/h2-5,8H,6-7,16H2,1H3,(H,18,20). The molecule has 7 heteroatoms. The highest BCUT2D eigenvalue weighted by atomic mass is 127. The molecule has 1 amide bonds. The lowest BCUT2D eigenvalue weighted by molar-refractivity contribution is -0.116. The number of rotatable bonds is 4. The summed E-state index contributed by atoms with van der Waals surface area (Å²) < 4.78 is 2.02. The molecule has 0 spiro atoms. The van der Waals surface area contributed by atoms with Crippen LogP contribution in [0, 0.1) is 10.5 Å². The van der Waals surface area contributed by atoms with Crippen LogP contribution >= 0.6 is 22.6 Å². The summed E-state index contributed by atoms with van der Waals surface area (Å²) in [4.78, 5) is 27.9. The summed E-state index contributed by atoms with van der Waals surface area (Å²) in [5, 5.41) is 2.75. The zero-order valence-electron chi connectivity index (χ0n) is 11.5. The van der Waals surface area contributed by atoms with Crippen LogP contribution in [-0.2, 0) is 11.3 Å². The highest BCUT2D eigenvalue weighted by Gasteiger charge is 2.07. The monoisotopic (exact) mass is 398 g/mol. The molecule has 2 aromatic rings. The molecular weight excluding hydrogens is 383 g/mol. The Bertz CT molecular complexity index is 710. The Hall–Kier alpha value is -1.90. The van der Waals surface area contributed by atoms with Gasteiger partial charge in [-0.05, 0) is 53.8 Å². The summed E-state index contributed by atoms with van der Waals surface area (Å²) >= 11 is 1.96. The molecule has 0 aliphatic heterocycles. The van der Waals surface area contributed by atoms with Gasteiger partial charge in [-0.1, -0.05) is 0 Å². The van der Waals surface area contributed by atoms with Gasteiger partial charge in [0, 0.05) is 24.3 Å². The van der Waals surface area contributed by atoms with E-state index in [1.807, 2.05) is 22.6 Å². The molecule has 1 heterocycles. The smallest absolute Gasteiger partial charge is 0.267 e. The fourth-order valence-electron chi connectivity index (χ4n) is 1.72. The zero-order valence-corrected chi connectivity index (χ0v) is 13.6. The van der Waals surface area contributed by atoms with Crippen LogP contribution in [0.1, 0.15) is 12.1 Å². The van der Waals surface area contributed by atoms with Crippen molar-refractivity contribution in [2.24, 2.45) is 0 Å². The molecule has 0 unspecified atom stereocenters. The number of aromatic nitrogens is 2. The summed E-state index contributed by atoms with van der Waals surface area (Å²) in [5.74, 6) is -0.165. The second kappa shape index (κ2) is 6.70. The van der Waals surface area contributed by atoms with Crippen molar-refractivity contribution < 1.29 is 4.79 Å². The fraction of sp³-hybridized carbons (Fsp3) is 0.214. The minimum atomic E-state index is -0.165. The van der Waals surface area contributed by atoms with Crippen LogP contribution in [0.25, 0.3) is 0 Å². The molecule has 1 aromatic heterocycles. The van der Waals surface area contributed by atoms with E-state index in [0.29, 0.717) is 27.2 Å². The topological polar surface area (TPSA) is 90.0 Å². The molecular formula is C14H15IN4O2. The van der Waals surface area contributed by atoms with E-state index in [4.69, 9.17) is 5.73 Å². The first-order valence-electron chi connectivity index (χ1n) is 6.34. The Balaban J connectivity index is 1.97. The molecule has 0 saturated heterocycles. The number of hydrogen-bond donors (Lipinski definition) is 2. The van der Waals surface area contributed by atoms with E-state index in [1.54, 1.807) is 31.2 Å². The summed E-state index contributed by atoms with van der Waals surface area (Å²) in [5.41, 5.74) is 7.47. The predicted octanol–water partition coefficient (Wildman–Crippen LogP) is 1.77. The number of aryl methyl sites for hydroxylation is 2. The van der Waals surface area contributed by atoms with E-state index < -0.39 is 0 Å². The van der Waals surface area contributed by atoms with E-state index >= 15 is 0 Å². The van der Waals surface area contributed by atoms with Crippen LogP contribution in [0.15, 0.2) is 35.4 Å². The van der Waals surface area contributed by atoms with Crippen LogP contribution in [0.2, 0.25) is 0 Å². The molecule has 0 bridgehead atoms. The largest absolute Gasteiger partial charge is 0.399 e. The molecule has 1 aromatic carbocycles. The molecule has 0 radical (unpaired) electrons. The Morgan fingerprint density at radius 2 is 2.05 bits per heavy atom. The van der Waals surface area contributed by atoms with Gasteiger partial charge in [0.05, 0.1) is 15.6 Å². The number of nitrogens with zero attached hydrogens (tertiary/aromatic N) is 2. The van der Waals surface area contributed by atoms with Gasteiger partial charge < -0.3 is 11.1 Å². The summed E-state index contributed by atoms with van der Waals surface area (Å²) in [6.07, 6.45) is 1.67. The van der Waals surface area contributed by atoms with E-state index in [1.165, 1.54) is 10.9 Å². The van der Waals surface area contributed by atoms with Gasteiger partial charge in [0.15, 0.2) is 0 Å². The van der Waals surface area contributed by atoms with Crippen molar-refractivity contribution in [3.63, 3.8) is 0 Å². The number of carbonyl (C=O) groups excluding carboxylic acids is 1. The lowest BCUT2D eigenvalue weighted by Gasteiger charge is -2.08. The SMILES string of the molecule is Cc1ncn(CCC(=O)Nc2ccc(N)cc2)c(=O)c1I. The van der Waals surface area contributed by atoms with E-state index in [9.17, 15) is 9.59 Å². The summed E-state index contributed by atoms with van der Waals surface area (Å²) in [6, 6.07) is 6.89. The summed E-state index contributed by atoms with van der Waals surface area (Å²) in [6.45, 7) is 2.07. The van der Waals surface area contributed by atoms with Gasteiger partial charge in [-0.2, -0.15) is 0 Å². The van der Waals surface area contributed by atoms with Crippen LogP contribution in [0.3, 0.4) is 0 Å². The van der Waals surface area contributed by atoms with Crippen LogP contribution in [0.4, 0.5) is 11.4 Å². The summed E-state index contributed by atoms with van der Waals surface area (Å²) in [7, 11) is 0. The van der Waals surface area contributed by atoms with Gasteiger partial charge >= 0.3 is 0 Å². The highest BCUT2D eigenvalue weighted by Crippen LogP contribution is 2.10. The third-order valence-electron chi connectivity index (χ3n) is 2.93. The van der Waals surface area contributed by atoms with Crippen LogP contribution in [0.5, 0.6) is 0 Å². The van der Waals surface area contributed by atoms with Crippen LogP contribution < -0.4 is 16.6 Å². The maximum Gasteiger partial charge on any atom is 0.267 e. The minimum absolute atomic E-state index is 0.122. The van der Waals surface area contributed by atoms with Crippen LogP contribution in [-0.4, -0.2) is 15.5 Å². The van der Waals surface area contributed by atoms with E-state index in [-0.39, 0.29) is 17.9 Å². The second-order valence-electron chi connectivity index (χ2n) is 4.56. The molecule has 21 heavy (non-hydrogen) atoms. The predicted molar refractivity (Wildman–Crippen MR) is 90.1 cm³/mol. The zero-order chi connectivity index (χ0) is 15.4. The van der Waals surface area contributed by atoms with E-state index in [0.717, 1.165) is 0 Å². The van der Waals surface area contributed by atoms with Gasteiger partial charge in [-0.25, -0.2) is 4.98 Å². The molecule has 6 nitrogen and oxygen atoms in total. The number of amides is 1. The number of carbonyl (C=O) groups is 1. The van der Waals surface area contributed by atoms with Crippen molar-refractivity contribution in [2.45, 2.75) is 19.9 Å². The molecule has 2 rings (SSSR count). The number of nitrogen functional groups attached to an aromatic ring is 1. The number of nitrogens with two attached hydrogens (primary N) is 1. The van der Waals surface area contributed by atoms with Gasteiger partial charge in [-0.15, -0.1) is 0 Å². The Kier molecular flexibility index (Phi) is 4.94. The minimum Gasteiger partial charge on any atom is -0.399 e. The molecule has 0 aliphatic carbocycles. The highest BCUT2D eigenvalue weighted by molar-refractivity contribution is 14.1. The lowest BCUT2D eigenvalue weighted by Crippen LogP contribution is -2.26. The first-order chi connectivity index (χ1) is 9.97. The molecule has 110 valence electrons. The van der Waals surface area contributed by atoms with Crippen molar-refractivity contribution in [1.82, 2.24) is 9.55 Å². The Morgan fingerprint density at radius 3 is 2.71 bits per heavy atom. The molecule has 3 N–H and O–H groups in total.